The van der Waals surface area contributed by atoms with Crippen molar-refractivity contribution >= 4 is 29.4 Å². The molecule has 6 heteroatoms. The third-order valence-corrected chi connectivity index (χ3v) is 2.94. The molecule has 5 nitrogen and oxygen atoms in total. The van der Waals surface area contributed by atoms with E-state index in [2.05, 4.69) is 17.6 Å². The van der Waals surface area contributed by atoms with Crippen LogP contribution in [-0.2, 0) is 4.79 Å². The smallest absolute Gasteiger partial charge is 0.319 e. The van der Waals surface area contributed by atoms with E-state index in [-0.39, 0.29) is 13.0 Å². The maximum Gasteiger partial charge on any atom is 0.319 e. The Kier molecular flexibility index (Phi) is 6.07. The number of hydrogen-bond acceptors (Lipinski definition) is 3. The van der Waals surface area contributed by atoms with Crippen LogP contribution in [0.5, 0.6) is 0 Å². The van der Waals surface area contributed by atoms with Gasteiger partial charge < -0.3 is 15.7 Å². The molecule has 0 fully saturated rings. The second-order valence-electron chi connectivity index (χ2n) is 3.48. The highest BCUT2D eigenvalue weighted by molar-refractivity contribution is 7.99. The number of thioether (sulfide) groups is 1. The zero-order valence-corrected chi connectivity index (χ0v) is 10.9. The molecule has 18 heavy (non-hydrogen) atoms. The molecule has 0 aliphatic heterocycles. The normalized spacial score (nSPS) is 9.83. The van der Waals surface area contributed by atoms with Crippen molar-refractivity contribution in [2.75, 3.05) is 17.6 Å². The Morgan fingerprint density at radius 2 is 1.94 bits per heavy atom. The fraction of sp³-hybridized carbons (Fsp3) is 0.333. The summed E-state index contributed by atoms with van der Waals surface area (Å²) in [5, 5.41) is 13.5. The molecule has 0 aliphatic rings. The van der Waals surface area contributed by atoms with E-state index in [0.29, 0.717) is 5.69 Å². The molecule has 1 aromatic carbocycles. The number of nitrogens with one attached hydrogen (secondary N) is 2. The number of benzene rings is 1. The molecule has 0 spiro atoms. The predicted molar refractivity (Wildman–Crippen MR) is 72.1 cm³/mol. The summed E-state index contributed by atoms with van der Waals surface area (Å²) in [5.74, 6) is 0.0684. The number of anilines is 1. The molecule has 0 saturated carbocycles. The molecule has 0 bridgehead atoms. The van der Waals surface area contributed by atoms with E-state index < -0.39 is 12.0 Å². The predicted octanol–water partition coefficient (Wildman–Crippen LogP) is 2.39. The first-order chi connectivity index (χ1) is 8.61. The summed E-state index contributed by atoms with van der Waals surface area (Å²) in [6.45, 7) is 2.19. The molecular weight excluding hydrogens is 252 g/mol. The lowest BCUT2D eigenvalue weighted by atomic mass is 10.3. The number of aliphatic carboxylic acids is 1. The van der Waals surface area contributed by atoms with Gasteiger partial charge in [0, 0.05) is 17.1 Å². The van der Waals surface area contributed by atoms with Gasteiger partial charge in [-0.3, -0.25) is 4.79 Å². The second-order valence-corrected chi connectivity index (χ2v) is 4.82. The third-order valence-electron chi connectivity index (χ3n) is 2.05. The van der Waals surface area contributed by atoms with Gasteiger partial charge in [0.05, 0.1) is 6.42 Å². The largest absolute Gasteiger partial charge is 0.481 e. The first kappa shape index (κ1) is 14.4. The van der Waals surface area contributed by atoms with Crippen LogP contribution in [0.25, 0.3) is 0 Å². The number of amides is 2. The molecule has 0 unspecified atom stereocenters. The number of hydrogen-bond donors (Lipinski definition) is 3. The van der Waals surface area contributed by atoms with Gasteiger partial charge in [0.25, 0.3) is 0 Å². The number of carbonyl (C=O) groups is 2. The maximum atomic E-state index is 11.4. The minimum atomic E-state index is -0.934. The summed E-state index contributed by atoms with van der Waals surface area (Å²) >= 11 is 1.73. The number of urea groups is 1. The summed E-state index contributed by atoms with van der Waals surface area (Å²) in [4.78, 5) is 22.8. The van der Waals surface area contributed by atoms with E-state index in [9.17, 15) is 9.59 Å². The van der Waals surface area contributed by atoms with E-state index >= 15 is 0 Å². The Balaban J connectivity index is 2.37. The summed E-state index contributed by atoms with van der Waals surface area (Å²) in [6, 6.07) is 7.10. The van der Waals surface area contributed by atoms with Crippen molar-refractivity contribution in [3.8, 4) is 0 Å². The standard InChI is InChI=1S/C12H16N2O3S/c1-2-18-10-5-3-9(4-6-10)14-12(17)13-8-7-11(15)16/h3-6H,2,7-8H2,1H3,(H,15,16)(H2,13,14,17). The Labute approximate surface area is 110 Å². The molecule has 0 radical (unpaired) electrons. The molecule has 3 N–H and O–H groups in total. The van der Waals surface area contributed by atoms with Crippen LogP contribution in [0.1, 0.15) is 13.3 Å². The van der Waals surface area contributed by atoms with Crippen LogP contribution in [0.2, 0.25) is 0 Å². The highest BCUT2D eigenvalue weighted by atomic mass is 32.2. The molecule has 1 rings (SSSR count). The van der Waals surface area contributed by atoms with Crippen molar-refractivity contribution < 1.29 is 14.7 Å². The fourth-order valence-corrected chi connectivity index (χ4v) is 1.92. The first-order valence-corrected chi connectivity index (χ1v) is 6.60. The van der Waals surface area contributed by atoms with Crippen LogP contribution < -0.4 is 10.6 Å². The van der Waals surface area contributed by atoms with Crippen molar-refractivity contribution in [1.82, 2.24) is 5.32 Å². The Bertz CT molecular complexity index is 406. The lowest BCUT2D eigenvalue weighted by Crippen LogP contribution is -2.30. The Morgan fingerprint density at radius 3 is 2.50 bits per heavy atom. The van der Waals surface area contributed by atoms with Gasteiger partial charge in [-0.1, -0.05) is 6.92 Å². The van der Waals surface area contributed by atoms with Gasteiger partial charge in [0.1, 0.15) is 0 Å². The quantitative estimate of drug-likeness (QED) is 0.692. The SMILES string of the molecule is CCSc1ccc(NC(=O)NCCC(=O)O)cc1. The van der Waals surface area contributed by atoms with Crippen molar-refractivity contribution in [2.24, 2.45) is 0 Å². The van der Waals surface area contributed by atoms with E-state index in [1.807, 2.05) is 24.3 Å². The third kappa shape index (κ3) is 5.58. The van der Waals surface area contributed by atoms with Crippen molar-refractivity contribution in [3.63, 3.8) is 0 Å². The molecule has 2 amide bonds. The van der Waals surface area contributed by atoms with E-state index in [1.54, 1.807) is 11.8 Å². The molecular formula is C12H16N2O3S. The van der Waals surface area contributed by atoms with E-state index in [0.717, 1.165) is 10.6 Å². The van der Waals surface area contributed by atoms with Crippen molar-refractivity contribution in [1.29, 1.82) is 0 Å². The summed E-state index contributed by atoms with van der Waals surface area (Å²) in [6.07, 6.45) is -0.0838. The van der Waals surface area contributed by atoms with Crippen LogP contribution in [0.15, 0.2) is 29.2 Å². The lowest BCUT2D eigenvalue weighted by molar-refractivity contribution is -0.136. The van der Waals surface area contributed by atoms with Crippen LogP contribution in [0, 0.1) is 0 Å². The fourth-order valence-electron chi connectivity index (χ4n) is 1.26. The van der Waals surface area contributed by atoms with E-state index in [1.165, 1.54) is 0 Å². The second kappa shape index (κ2) is 7.60. The molecule has 1 aromatic rings. The van der Waals surface area contributed by atoms with Crippen molar-refractivity contribution in [3.05, 3.63) is 24.3 Å². The zero-order valence-electron chi connectivity index (χ0n) is 10.1. The molecule has 0 saturated heterocycles. The minimum absolute atomic E-state index is 0.0838. The van der Waals surface area contributed by atoms with Crippen molar-refractivity contribution in [2.45, 2.75) is 18.2 Å². The highest BCUT2D eigenvalue weighted by Crippen LogP contribution is 2.19. The van der Waals surface area contributed by atoms with Crippen LogP contribution in [0.3, 0.4) is 0 Å². The van der Waals surface area contributed by atoms with Crippen LogP contribution in [0.4, 0.5) is 10.5 Å². The van der Waals surface area contributed by atoms with E-state index in [4.69, 9.17) is 5.11 Å². The molecule has 0 aliphatic carbocycles. The zero-order chi connectivity index (χ0) is 13.4. The highest BCUT2D eigenvalue weighted by Gasteiger charge is 2.02. The summed E-state index contributed by atoms with van der Waals surface area (Å²) in [7, 11) is 0. The maximum absolute atomic E-state index is 11.4. The Hall–Kier alpha value is -1.69. The van der Waals surface area contributed by atoms with Gasteiger partial charge in [-0.2, -0.15) is 0 Å². The van der Waals surface area contributed by atoms with Gasteiger partial charge >= 0.3 is 12.0 Å². The van der Waals surface area contributed by atoms with Gasteiger partial charge in [-0.15, -0.1) is 11.8 Å². The van der Waals surface area contributed by atoms with Crippen LogP contribution in [-0.4, -0.2) is 29.4 Å². The van der Waals surface area contributed by atoms with Gasteiger partial charge in [0.2, 0.25) is 0 Å². The number of carbonyl (C=O) groups excluding carboxylic acids is 1. The van der Waals surface area contributed by atoms with Gasteiger partial charge in [-0.25, -0.2) is 4.79 Å². The monoisotopic (exact) mass is 268 g/mol. The number of rotatable bonds is 6. The first-order valence-electron chi connectivity index (χ1n) is 5.61. The van der Waals surface area contributed by atoms with Gasteiger partial charge in [-0.05, 0) is 30.0 Å². The average Bonchev–Trinajstić information content (AvgIpc) is 2.31. The van der Waals surface area contributed by atoms with Gasteiger partial charge in [0.15, 0.2) is 0 Å². The number of carboxylic acids is 1. The topological polar surface area (TPSA) is 78.4 Å². The summed E-state index contributed by atoms with van der Waals surface area (Å²) in [5.41, 5.74) is 0.684. The molecule has 0 aromatic heterocycles. The molecule has 0 atom stereocenters. The lowest BCUT2D eigenvalue weighted by Gasteiger charge is -2.07. The molecule has 0 heterocycles. The van der Waals surface area contributed by atoms with Crippen LogP contribution >= 0.6 is 11.8 Å². The Morgan fingerprint density at radius 1 is 1.28 bits per heavy atom. The number of carboxylic acid groups (broad SMARTS) is 1. The summed E-state index contributed by atoms with van der Waals surface area (Å²) < 4.78 is 0. The average molecular weight is 268 g/mol. The minimum Gasteiger partial charge on any atom is -0.481 e. The molecule has 98 valence electrons.